The first-order valence-corrected chi connectivity index (χ1v) is 6.20. The molecule has 2 amide bonds. The van der Waals surface area contributed by atoms with E-state index in [0.717, 1.165) is 5.56 Å². The Morgan fingerprint density at radius 3 is 2.40 bits per heavy atom. The molecule has 1 unspecified atom stereocenters. The van der Waals surface area contributed by atoms with Crippen LogP contribution in [0.2, 0.25) is 0 Å². The molecule has 0 radical (unpaired) electrons. The summed E-state index contributed by atoms with van der Waals surface area (Å²) in [6, 6.07) is 5.24. The minimum absolute atomic E-state index is 0. The van der Waals surface area contributed by atoms with Gasteiger partial charge in [-0.3, -0.25) is 9.59 Å². The van der Waals surface area contributed by atoms with Crippen LogP contribution in [0, 0.1) is 12.8 Å². The second-order valence-electron chi connectivity index (χ2n) is 4.86. The van der Waals surface area contributed by atoms with Gasteiger partial charge in [-0.1, -0.05) is 6.92 Å². The van der Waals surface area contributed by atoms with Crippen molar-refractivity contribution in [3.05, 3.63) is 29.3 Å². The topological polar surface area (TPSA) is 75.4 Å². The Morgan fingerprint density at radius 2 is 1.95 bits per heavy atom. The number of carbonyl (C=O) groups is 2. The van der Waals surface area contributed by atoms with Gasteiger partial charge in [0.15, 0.2) is 0 Å². The Balaban J connectivity index is 0.00000361. The molecule has 0 fully saturated rings. The normalized spacial score (nSPS) is 11.2. The van der Waals surface area contributed by atoms with E-state index in [1.165, 1.54) is 4.90 Å². The summed E-state index contributed by atoms with van der Waals surface area (Å²) in [6.07, 6.45) is 0. The van der Waals surface area contributed by atoms with Gasteiger partial charge >= 0.3 is 0 Å². The molecule has 1 atom stereocenters. The maximum absolute atomic E-state index is 11.9. The van der Waals surface area contributed by atoms with E-state index in [-0.39, 0.29) is 30.1 Å². The average molecular weight is 300 g/mol. The average Bonchev–Trinajstić information content (AvgIpc) is 2.37. The van der Waals surface area contributed by atoms with E-state index in [9.17, 15) is 9.59 Å². The molecular weight excluding hydrogens is 278 g/mol. The SMILES string of the molecule is Cc1cc(NC(=O)C(C)CN)ccc1C(=O)N(C)C.Cl. The van der Waals surface area contributed by atoms with E-state index in [2.05, 4.69) is 5.32 Å². The van der Waals surface area contributed by atoms with Crippen molar-refractivity contribution in [2.24, 2.45) is 11.7 Å². The molecule has 0 aliphatic heterocycles. The summed E-state index contributed by atoms with van der Waals surface area (Å²) in [7, 11) is 3.42. The first kappa shape index (κ1) is 18.4. The molecule has 1 aromatic carbocycles. The minimum atomic E-state index is -0.233. The predicted molar refractivity (Wildman–Crippen MR) is 83.3 cm³/mol. The standard InChI is InChI=1S/C14H21N3O2.ClH/c1-9-7-11(16-13(18)10(2)8-15)5-6-12(9)14(19)17(3)4;/h5-7,10H,8,15H2,1-4H3,(H,16,18);1H. The maximum Gasteiger partial charge on any atom is 0.253 e. The largest absolute Gasteiger partial charge is 0.345 e. The van der Waals surface area contributed by atoms with Crippen LogP contribution in [0.1, 0.15) is 22.8 Å². The lowest BCUT2D eigenvalue weighted by Crippen LogP contribution is -2.27. The van der Waals surface area contributed by atoms with Gasteiger partial charge in [0.25, 0.3) is 5.91 Å². The van der Waals surface area contributed by atoms with E-state index in [1.54, 1.807) is 39.2 Å². The Bertz CT molecular complexity index is 489. The van der Waals surface area contributed by atoms with E-state index < -0.39 is 0 Å². The molecule has 112 valence electrons. The van der Waals surface area contributed by atoms with Crippen molar-refractivity contribution in [3.63, 3.8) is 0 Å². The van der Waals surface area contributed by atoms with Gasteiger partial charge in [-0.2, -0.15) is 0 Å². The van der Waals surface area contributed by atoms with E-state index in [4.69, 9.17) is 5.73 Å². The van der Waals surface area contributed by atoms with Gasteiger partial charge in [0.1, 0.15) is 0 Å². The van der Waals surface area contributed by atoms with Crippen LogP contribution in [0.25, 0.3) is 0 Å². The lowest BCUT2D eigenvalue weighted by atomic mass is 10.1. The number of benzene rings is 1. The molecule has 0 saturated heterocycles. The second-order valence-corrected chi connectivity index (χ2v) is 4.86. The van der Waals surface area contributed by atoms with Crippen LogP contribution in [0.3, 0.4) is 0 Å². The van der Waals surface area contributed by atoms with Crippen LogP contribution in [0.5, 0.6) is 0 Å². The van der Waals surface area contributed by atoms with Gasteiger partial charge in [0.05, 0.1) is 0 Å². The number of anilines is 1. The molecule has 3 N–H and O–H groups in total. The smallest absolute Gasteiger partial charge is 0.253 e. The molecule has 0 aliphatic rings. The highest BCUT2D eigenvalue weighted by atomic mass is 35.5. The molecule has 0 bridgehead atoms. The summed E-state index contributed by atoms with van der Waals surface area (Å²) >= 11 is 0. The first-order chi connectivity index (χ1) is 8.86. The molecule has 1 rings (SSSR count). The van der Waals surface area contributed by atoms with Crippen molar-refractivity contribution in [2.75, 3.05) is 26.0 Å². The number of nitrogens with one attached hydrogen (secondary N) is 1. The van der Waals surface area contributed by atoms with E-state index in [0.29, 0.717) is 17.8 Å². The van der Waals surface area contributed by atoms with Gasteiger partial charge in [-0.05, 0) is 30.7 Å². The van der Waals surface area contributed by atoms with Crippen molar-refractivity contribution in [3.8, 4) is 0 Å². The number of nitrogens with two attached hydrogens (primary N) is 1. The molecule has 0 aliphatic carbocycles. The Labute approximate surface area is 125 Å². The summed E-state index contributed by atoms with van der Waals surface area (Å²) in [5.41, 5.74) is 7.59. The fraction of sp³-hybridized carbons (Fsp3) is 0.429. The third-order valence-electron chi connectivity index (χ3n) is 2.93. The number of halogens is 1. The number of nitrogens with zero attached hydrogens (tertiary/aromatic N) is 1. The van der Waals surface area contributed by atoms with Gasteiger partial charge in [-0.25, -0.2) is 0 Å². The van der Waals surface area contributed by atoms with Crippen molar-refractivity contribution in [1.82, 2.24) is 4.90 Å². The molecule has 1 aromatic rings. The first-order valence-electron chi connectivity index (χ1n) is 6.20. The summed E-state index contributed by atoms with van der Waals surface area (Å²) in [5, 5.41) is 2.78. The van der Waals surface area contributed by atoms with Crippen molar-refractivity contribution in [2.45, 2.75) is 13.8 Å². The fourth-order valence-corrected chi connectivity index (χ4v) is 1.59. The van der Waals surface area contributed by atoms with Gasteiger partial charge in [0.2, 0.25) is 5.91 Å². The molecule has 0 aromatic heterocycles. The van der Waals surface area contributed by atoms with Gasteiger partial charge in [-0.15, -0.1) is 12.4 Å². The quantitative estimate of drug-likeness (QED) is 0.887. The molecule has 0 spiro atoms. The highest BCUT2D eigenvalue weighted by Gasteiger charge is 2.14. The third-order valence-corrected chi connectivity index (χ3v) is 2.93. The zero-order chi connectivity index (χ0) is 14.6. The van der Waals surface area contributed by atoms with Crippen molar-refractivity contribution < 1.29 is 9.59 Å². The van der Waals surface area contributed by atoms with Gasteiger partial charge < -0.3 is 16.0 Å². The number of amides is 2. The summed E-state index contributed by atoms with van der Waals surface area (Å²) < 4.78 is 0. The van der Waals surface area contributed by atoms with Gasteiger partial charge in [0, 0.05) is 37.8 Å². The van der Waals surface area contributed by atoms with Crippen LogP contribution in [-0.4, -0.2) is 37.4 Å². The highest BCUT2D eigenvalue weighted by Crippen LogP contribution is 2.17. The lowest BCUT2D eigenvalue weighted by molar-refractivity contribution is -0.119. The fourth-order valence-electron chi connectivity index (χ4n) is 1.59. The highest BCUT2D eigenvalue weighted by molar-refractivity contribution is 5.97. The zero-order valence-corrected chi connectivity index (χ0v) is 13.1. The van der Waals surface area contributed by atoms with E-state index >= 15 is 0 Å². The number of hydrogen-bond donors (Lipinski definition) is 2. The lowest BCUT2D eigenvalue weighted by Gasteiger charge is -2.14. The van der Waals surface area contributed by atoms with Crippen LogP contribution in [0.4, 0.5) is 5.69 Å². The van der Waals surface area contributed by atoms with Crippen molar-refractivity contribution in [1.29, 1.82) is 0 Å². The number of aryl methyl sites for hydroxylation is 1. The zero-order valence-electron chi connectivity index (χ0n) is 12.3. The Morgan fingerprint density at radius 1 is 1.35 bits per heavy atom. The van der Waals surface area contributed by atoms with Crippen LogP contribution in [-0.2, 0) is 4.79 Å². The molecule has 0 heterocycles. The Hall–Kier alpha value is -1.59. The molecule has 20 heavy (non-hydrogen) atoms. The third kappa shape index (κ3) is 4.51. The summed E-state index contributed by atoms with van der Waals surface area (Å²) in [6.45, 7) is 3.92. The summed E-state index contributed by atoms with van der Waals surface area (Å²) in [5.74, 6) is -0.400. The Kier molecular flexibility index (Phi) is 7.24. The molecular formula is C14H22ClN3O2. The monoisotopic (exact) mass is 299 g/mol. The van der Waals surface area contributed by atoms with Crippen molar-refractivity contribution >= 4 is 29.9 Å². The second kappa shape index (κ2) is 7.87. The van der Waals surface area contributed by atoms with E-state index in [1.807, 2.05) is 6.92 Å². The summed E-state index contributed by atoms with van der Waals surface area (Å²) in [4.78, 5) is 25.1. The van der Waals surface area contributed by atoms with Crippen LogP contribution >= 0.6 is 12.4 Å². The predicted octanol–water partition coefficient (Wildman–Crippen LogP) is 1.65. The number of rotatable bonds is 4. The molecule has 5 nitrogen and oxygen atoms in total. The number of hydrogen-bond acceptors (Lipinski definition) is 3. The molecule has 0 saturated carbocycles. The number of carbonyl (C=O) groups excluding carboxylic acids is 2. The van der Waals surface area contributed by atoms with Crippen LogP contribution < -0.4 is 11.1 Å². The molecule has 6 heteroatoms. The van der Waals surface area contributed by atoms with Crippen LogP contribution in [0.15, 0.2) is 18.2 Å². The minimum Gasteiger partial charge on any atom is -0.345 e. The maximum atomic E-state index is 11.9.